The zero-order valence-electron chi connectivity index (χ0n) is 9.01. The topological polar surface area (TPSA) is 55.6 Å². The maximum Gasteiger partial charge on any atom is 0.263 e. The van der Waals surface area contributed by atoms with Crippen LogP contribution in [0.1, 0.15) is 5.56 Å². The van der Waals surface area contributed by atoms with Crippen LogP contribution in [0.2, 0.25) is 0 Å². The van der Waals surface area contributed by atoms with Crippen molar-refractivity contribution in [2.75, 3.05) is 14.2 Å². The normalized spacial score (nSPS) is 12.2. The van der Waals surface area contributed by atoms with Gasteiger partial charge in [-0.2, -0.15) is 0 Å². The number of benzene rings is 1. The Bertz CT molecular complexity index is 314. The smallest absolute Gasteiger partial charge is 0.263 e. The standard InChI is InChI=1S/C11H16N2O2/c1-13(15-2)11(14)10(12)8-9-6-4-3-5-7-9/h3-7,10H,8,12H2,1-2H3. The molecule has 0 saturated carbocycles. The monoisotopic (exact) mass is 208 g/mol. The Labute approximate surface area is 89.6 Å². The molecule has 0 bridgehead atoms. The van der Waals surface area contributed by atoms with Crippen molar-refractivity contribution in [1.29, 1.82) is 0 Å². The van der Waals surface area contributed by atoms with Crippen LogP contribution in [0.25, 0.3) is 0 Å². The van der Waals surface area contributed by atoms with E-state index in [0.717, 1.165) is 10.6 Å². The number of amides is 1. The Morgan fingerprint density at radius 1 is 1.47 bits per heavy atom. The third-order valence-electron chi connectivity index (χ3n) is 2.20. The van der Waals surface area contributed by atoms with Gasteiger partial charge in [0.2, 0.25) is 0 Å². The predicted molar refractivity (Wildman–Crippen MR) is 57.9 cm³/mol. The average Bonchev–Trinajstić information content (AvgIpc) is 2.28. The summed E-state index contributed by atoms with van der Waals surface area (Å²) in [5.74, 6) is -0.221. The lowest BCUT2D eigenvalue weighted by molar-refractivity contribution is -0.170. The highest BCUT2D eigenvalue weighted by Crippen LogP contribution is 2.03. The third-order valence-corrected chi connectivity index (χ3v) is 2.20. The van der Waals surface area contributed by atoms with Gasteiger partial charge in [-0.3, -0.25) is 9.63 Å². The van der Waals surface area contributed by atoms with Gasteiger partial charge in [0.25, 0.3) is 5.91 Å². The van der Waals surface area contributed by atoms with Gasteiger partial charge in [0.05, 0.1) is 13.2 Å². The van der Waals surface area contributed by atoms with Gasteiger partial charge in [0.1, 0.15) is 0 Å². The first kappa shape index (κ1) is 11.7. The molecule has 0 heterocycles. The van der Waals surface area contributed by atoms with Crippen LogP contribution in [0.3, 0.4) is 0 Å². The summed E-state index contributed by atoms with van der Waals surface area (Å²) in [4.78, 5) is 16.3. The summed E-state index contributed by atoms with van der Waals surface area (Å²) in [6.45, 7) is 0. The highest BCUT2D eigenvalue weighted by molar-refractivity contribution is 5.80. The number of carbonyl (C=O) groups excluding carboxylic acids is 1. The molecule has 4 heteroatoms. The highest BCUT2D eigenvalue weighted by atomic mass is 16.7. The molecule has 0 aromatic heterocycles. The van der Waals surface area contributed by atoms with Crippen molar-refractivity contribution in [3.8, 4) is 0 Å². The molecule has 1 aromatic carbocycles. The van der Waals surface area contributed by atoms with Gasteiger partial charge in [-0.15, -0.1) is 0 Å². The van der Waals surface area contributed by atoms with E-state index >= 15 is 0 Å². The molecule has 1 aromatic rings. The van der Waals surface area contributed by atoms with Crippen LogP contribution in [-0.2, 0) is 16.1 Å². The van der Waals surface area contributed by atoms with Crippen molar-refractivity contribution in [2.45, 2.75) is 12.5 Å². The summed E-state index contributed by atoms with van der Waals surface area (Å²) in [7, 11) is 2.99. The maximum absolute atomic E-state index is 11.6. The molecular formula is C11H16N2O2. The minimum Gasteiger partial charge on any atom is -0.320 e. The number of hydrogen-bond donors (Lipinski definition) is 1. The number of nitrogens with zero attached hydrogens (tertiary/aromatic N) is 1. The Balaban J connectivity index is 2.56. The largest absolute Gasteiger partial charge is 0.320 e. The fraction of sp³-hybridized carbons (Fsp3) is 0.364. The van der Waals surface area contributed by atoms with Crippen molar-refractivity contribution in [1.82, 2.24) is 5.06 Å². The van der Waals surface area contributed by atoms with E-state index in [1.165, 1.54) is 7.11 Å². The molecule has 0 aliphatic carbocycles. The van der Waals surface area contributed by atoms with Gasteiger partial charge in [0, 0.05) is 7.05 Å². The lowest BCUT2D eigenvalue weighted by Crippen LogP contribution is -2.42. The van der Waals surface area contributed by atoms with Gasteiger partial charge >= 0.3 is 0 Å². The number of rotatable bonds is 4. The quantitative estimate of drug-likeness (QED) is 0.736. The minimum atomic E-state index is -0.558. The van der Waals surface area contributed by atoms with E-state index in [1.54, 1.807) is 7.05 Å². The summed E-state index contributed by atoms with van der Waals surface area (Å²) in [6.07, 6.45) is 0.521. The van der Waals surface area contributed by atoms with Crippen LogP contribution < -0.4 is 5.73 Å². The molecule has 1 unspecified atom stereocenters. The second kappa shape index (κ2) is 5.48. The van der Waals surface area contributed by atoms with Gasteiger partial charge in [-0.1, -0.05) is 30.3 Å². The van der Waals surface area contributed by atoms with Crippen LogP contribution in [-0.4, -0.2) is 31.2 Å². The van der Waals surface area contributed by atoms with Crippen molar-refractivity contribution >= 4 is 5.91 Å². The molecule has 15 heavy (non-hydrogen) atoms. The van der Waals surface area contributed by atoms with E-state index in [-0.39, 0.29) is 5.91 Å². The van der Waals surface area contributed by atoms with E-state index in [4.69, 9.17) is 10.6 Å². The van der Waals surface area contributed by atoms with Gasteiger partial charge in [0.15, 0.2) is 0 Å². The molecule has 0 spiro atoms. The van der Waals surface area contributed by atoms with E-state index < -0.39 is 6.04 Å². The first-order valence-electron chi connectivity index (χ1n) is 4.76. The SMILES string of the molecule is CON(C)C(=O)C(N)Cc1ccccc1. The molecule has 1 amide bonds. The highest BCUT2D eigenvalue weighted by Gasteiger charge is 2.17. The van der Waals surface area contributed by atoms with Crippen molar-refractivity contribution < 1.29 is 9.63 Å². The Hall–Kier alpha value is -1.39. The van der Waals surface area contributed by atoms with Gasteiger partial charge in [-0.05, 0) is 12.0 Å². The Morgan fingerprint density at radius 2 is 2.07 bits per heavy atom. The summed E-state index contributed by atoms with van der Waals surface area (Å²) in [5, 5.41) is 1.15. The number of hydrogen-bond acceptors (Lipinski definition) is 3. The Morgan fingerprint density at radius 3 is 2.60 bits per heavy atom. The molecule has 0 fully saturated rings. The van der Waals surface area contributed by atoms with Crippen molar-refractivity contribution in [2.24, 2.45) is 5.73 Å². The molecule has 0 aliphatic heterocycles. The average molecular weight is 208 g/mol. The Kier molecular flexibility index (Phi) is 4.27. The van der Waals surface area contributed by atoms with Gasteiger partial charge < -0.3 is 5.73 Å². The fourth-order valence-corrected chi connectivity index (χ4v) is 1.28. The van der Waals surface area contributed by atoms with Crippen molar-refractivity contribution in [3.63, 3.8) is 0 Å². The summed E-state index contributed by atoms with van der Waals surface area (Å²) < 4.78 is 0. The minimum absolute atomic E-state index is 0.221. The lowest BCUT2D eigenvalue weighted by atomic mass is 10.1. The van der Waals surface area contributed by atoms with Gasteiger partial charge in [-0.25, -0.2) is 5.06 Å². The second-order valence-electron chi connectivity index (χ2n) is 3.31. The van der Waals surface area contributed by atoms with E-state index in [9.17, 15) is 4.79 Å². The summed E-state index contributed by atoms with van der Waals surface area (Å²) >= 11 is 0. The van der Waals surface area contributed by atoms with E-state index in [0.29, 0.717) is 6.42 Å². The lowest BCUT2D eigenvalue weighted by Gasteiger charge is -2.18. The molecule has 0 saturated heterocycles. The number of nitrogens with two attached hydrogens (primary N) is 1. The second-order valence-corrected chi connectivity index (χ2v) is 3.31. The van der Waals surface area contributed by atoms with E-state index in [2.05, 4.69) is 0 Å². The summed E-state index contributed by atoms with van der Waals surface area (Å²) in [5.41, 5.74) is 6.80. The molecule has 1 atom stereocenters. The molecular weight excluding hydrogens is 192 g/mol. The zero-order chi connectivity index (χ0) is 11.3. The van der Waals surface area contributed by atoms with Crippen LogP contribution >= 0.6 is 0 Å². The summed E-state index contributed by atoms with van der Waals surface area (Å²) in [6, 6.07) is 9.11. The third kappa shape index (κ3) is 3.34. The maximum atomic E-state index is 11.6. The van der Waals surface area contributed by atoms with Crippen LogP contribution in [0.5, 0.6) is 0 Å². The molecule has 0 radical (unpaired) electrons. The van der Waals surface area contributed by atoms with Crippen LogP contribution in [0.4, 0.5) is 0 Å². The molecule has 1 rings (SSSR count). The van der Waals surface area contributed by atoms with Crippen molar-refractivity contribution in [3.05, 3.63) is 35.9 Å². The van der Waals surface area contributed by atoms with Crippen LogP contribution in [0, 0.1) is 0 Å². The van der Waals surface area contributed by atoms with Crippen LogP contribution in [0.15, 0.2) is 30.3 Å². The number of carbonyl (C=O) groups is 1. The zero-order valence-corrected chi connectivity index (χ0v) is 9.01. The van der Waals surface area contributed by atoms with E-state index in [1.807, 2.05) is 30.3 Å². The first-order valence-corrected chi connectivity index (χ1v) is 4.76. The molecule has 0 aliphatic rings. The molecule has 4 nitrogen and oxygen atoms in total. The molecule has 2 N–H and O–H groups in total. The molecule has 82 valence electrons. The predicted octanol–water partition coefficient (Wildman–Crippen LogP) is 0.576. The first-order chi connectivity index (χ1) is 7.15. The fourth-order valence-electron chi connectivity index (χ4n) is 1.28. The number of hydroxylamine groups is 2. The number of likely N-dealkylation sites (N-methyl/N-ethyl adjacent to an activating group) is 1.